The Morgan fingerprint density at radius 2 is 1.90 bits per heavy atom. The van der Waals surface area contributed by atoms with Gasteiger partial charge in [-0.3, -0.25) is 0 Å². The van der Waals surface area contributed by atoms with Crippen LogP contribution in [0.3, 0.4) is 0 Å². The van der Waals surface area contributed by atoms with E-state index in [9.17, 15) is 0 Å². The number of aromatic nitrogens is 4. The van der Waals surface area contributed by atoms with Crippen molar-refractivity contribution in [2.45, 2.75) is 6.92 Å². The molecule has 0 unspecified atom stereocenters. The fourth-order valence-corrected chi connectivity index (χ4v) is 2.02. The minimum absolute atomic E-state index is 0.369. The van der Waals surface area contributed by atoms with Crippen LogP contribution in [-0.4, -0.2) is 26.9 Å². The third-order valence-electron chi connectivity index (χ3n) is 3.10. The van der Waals surface area contributed by atoms with Gasteiger partial charge in [-0.1, -0.05) is 12.1 Å². The van der Waals surface area contributed by atoms with Crippen LogP contribution >= 0.6 is 0 Å². The average molecular weight is 266 g/mol. The minimum atomic E-state index is 0.369. The molecular weight excluding hydrogens is 252 g/mol. The van der Waals surface area contributed by atoms with Gasteiger partial charge in [-0.2, -0.15) is 5.10 Å². The van der Waals surface area contributed by atoms with Gasteiger partial charge in [0.05, 0.1) is 12.8 Å². The Bertz CT molecular complexity index is 705. The molecule has 0 aliphatic rings. The lowest BCUT2D eigenvalue weighted by atomic mass is 10.1. The van der Waals surface area contributed by atoms with Crippen LogP contribution in [-0.2, 0) is 0 Å². The smallest absolute Gasteiger partial charge is 0.316 e. The van der Waals surface area contributed by atoms with E-state index in [0.717, 1.165) is 22.4 Å². The molecule has 3 aromatic rings. The molecule has 2 heterocycles. The first-order valence-corrected chi connectivity index (χ1v) is 6.25. The molecule has 0 aliphatic carbocycles. The van der Waals surface area contributed by atoms with E-state index in [1.807, 2.05) is 23.0 Å². The van der Waals surface area contributed by atoms with E-state index in [1.54, 1.807) is 25.7 Å². The maximum Gasteiger partial charge on any atom is 0.316 e. The van der Waals surface area contributed by atoms with E-state index in [-0.39, 0.29) is 0 Å². The van der Waals surface area contributed by atoms with Crippen LogP contribution in [0.1, 0.15) is 5.56 Å². The molecule has 0 fully saturated rings. The van der Waals surface area contributed by atoms with Crippen LogP contribution in [0, 0.1) is 6.92 Å². The molecule has 0 atom stereocenters. The van der Waals surface area contributed by atoms with Gasteiger partial charge < -0.3 is 4.74 Å². The molecule has 1 aromatic carbocycles. The zero-order valence-electron chi connectivity index (χ0n) is 11.3. The van der Waals surface area contributed by atoms with E-state index >= 15 is 0 Å². The van der Waals surface area contributed by atoms with Crippen molar-refractivity contribution in [2.75, 3.05) is 7.11 Å². The van der Waals surface area contributed by atoms with Crippen molar-refractivity contribution in [3.05, 3.63) is 54.6 Å². The van der Waals surface area contributed by atoms with Crippen molar-refractivity contribution in [3.8, 4) is 22.8 Å². The average Bonchev–Trinajstić information content (AvgIpc) is 3.02. The molecule has 3 rings (SSSR count). The summed E-state index contributed by atoms with van der Waals surface area (Å²) in [5.74, 6) is 0. The second-order valence-corrected chi connectivity index (χ2v) is 4.41. The SMILES string of the molecule is COc1ncc(-c2ccc(C)c(-n3cccn3)c2)cn1. The first-order chi connectivity index (χ1) is 9.78. The number of methoxy groups -OCH3 is 1. The Morgan fingerprint density at radius 3 is 2.55 bits per heavy atom. The monoisotopic (exact) mass is 266 g/mol. The number of hydrogen-bond donors (Lipinski definition) is 0. The largest absolute Gasteiger partial charge is 0.467 e. The van der Waals surface area contributed by atoms with Crippen molar-refractivity contribution < 1.29 is 4.74 Å². The highest BCUT2D eigenvalue weighted by atomic mass is 16.5. The molecule has 0 aliphatic heterocycles. The maximum absolute atomic E-state index is 4.97. The highest BCUT2D eigenvalue weighted by molar-refractivity contribution is 5.65. The number of rotatable bonds is 3. The summed E-state index contributed by atoms with van der Waals surface area (Å²) in [6.45, 7) is 2.06. The number of ether oxygens (including phenoxy) is 1. The Labute approximate surface area is 116 Å². The summed E-state index contributed by atoms with van der Waals surface area (Å²) < 4.78 is 6.82. The van der Waals surface area contributed by atoms with Gasteiger partial charge in [-0.25, -0.2) is 14.6 Å². The van der Waals surface area contributed by atoms with Gasteiger partial charge in [0.15, 0.2) is 0 Å². The van der Waals surface area contributed by atoms with Crippen LogP contribution < -0.4 is 4.74 Å². The number of hydrogen-bond acceptors (Lipinski definition) is 4. The van der Waals surface area contributed by atoms with Gasteiger partial charge in [-0.15, -0.1) is 0 Å². The molecule has 0 amide bonds. The quantitative estimate of drug-likeness (QED) is 0.731. The molecule has 100 valence electrons. The second-order valence-electron chi connectivity index (χ2n) is 4.41. The Balaban J connectivity index is 2.04. The van der Waals surface area contributed by atoms with E-state index in [2.05, 4.69) is 34.1 Å². The topological polar surface area (TPSA) is 52.8 Å². The van der Waals surface area contributed by atoms with E-state index in [4.69, 9.17) is 4.74 Å². The van der Waals surface area contributed by atoms with Crippen LogP contribution in [0.15, 0.2) is 49.1 Å². The molecule has 2 aromatic heterocycles. The summed E-state index contributed by atoms with van der Waals surface area (Å²) in [5, 5.41) is 4.27. The van der Waals surface area contributed by atoms with Crippen molar-refractivity contribution in [2.24, 2.45) is 0 Å². The lowest BCUT2D eigenvalue weighted by molar-refractivity contribution is 0.380. The maximum atomic E-state index is 4.97. The number of benzene rings is 1. The lowest BCUT2D eigenvalue weighted by Gasteiger charge is -2.09. The Kier molecular flexibility index (Phi) is 3.16. The molecule has 0 spiro atoms. The van der Waals surface area contributed by atoms with E-state index < -0.39 is 0 Å². The Morgan fingerprint density at radius 1 is 1.10 bits per heavy atom. The standard InChI is InChI=1S/C15H14N4O/c1-11-4-5-12(8-14(11)19-7-3-6-18-19)13-9-16-15(20-2)17-10-13/h3-10H,1-2H3. The van der Waals surface area contributed by atoms with Crippen molar-refractivity contribution in [1.29, 1.82) is 0 Å². The van der Waals surface area contributed by atoms with Crippen LogP contribution in [0.5, 0.6) is 6.01 Å². The van der Waals surface area contributed by atoms with Crippen LogP contribution in [0.2, 0.25) is 0 Å². The van der Waals surface area contributed by atoms with Crippen LogP contribution in [0.4, 0.5) is 0 Å². The molecule has 5 heteroatoms. The summed E-state index contributed by atoms with van der Waals surface area (Å²) in [7, 11) is 1.55. The van der Waals surface area contributed by atoms with Gasteiger partial charge in [0, 0.05) is 30.4 Å². The third kappa shape index (κ3) is 2.25. The van der Waals surface area contributed by atoms with Crippen LogP contribution in [0.25, 0.3) is 16.8 Å². The summed E-state index contributed by atoms with van der Waals surface area (Å²) in [4.78, 5) is 8.27. The van der Waals surface area contributed by atoms with Crippen molar-refractivity contribution in [3.63, 3.8) is 0 Å². The summed E-state index contributed by atoms with van der Waals surface area (Å²) in [6, 6.07) is 8.47. The minimum Gasteiger partial charge on any atom is -0.467 e. The lowest BCUT2D eigenvalue weighted by Crippen LogP contribution is -1.98. The zero-order valence-corrected chi connectivity index (χ0v) is 11.3. The zero-order chi connectivity index (χ0) is 13.9. The highest BCUT2D eigenvalue weighted by Crippen LogP contribution is 2.23. The third-order valence-corrected chi connectivity index (χ3v) is 3.10. The molecule has 0 bridgehead atoms. The van der Waals surface area contributed by atoms with Gasteiger partial charge in [0.2, 0.25) is 0 Å². The van der Waals surface area contributed by atoms with Crippen molar-refractivity contribution >= 4 is 0 Å². The van der Waals surface area contributed by atoms with Gasteiger partial charge in [0.25, 0.3) is 0 Å². The normalized spacial score (nSPS) is 10.5. The molecule has 5 nitrogen and oxygen atoms in total. The highest BCUT2D eigenvalue weighted by Gasteiger charge is 2.06. The first kappa shape index (κ1) is 12.3. The summed E-state index contributed by atoms with van der Waals surface area (Å²) in [6.07, 6.45) is 7.20. The van der Waals surface area contributed by atoms with Gasteiger partial charge >= 0.3 is 6.01 Å². The van der Waals surface area contributed by atoms with Crippen molar-refractivity contribution in [1.82, 2.24) is 19.7 Å². The summed E-state index contributed by atoms with van der Waals surface area (Å²) >= 11 is 0. The Hall–Kier alpha value is -2.69. The number of nitrogens with zero attached hydrogens (tertiary/aromatic N) is 4. The fourth-order valence-electron chi connectivity index (χ4n) is 2.02. The molecular formula is C15H14N4O. The summed E-state index contributed by atoms with van der Waals surface area (Å²) in [5.41, 5.74) is 4.19. The molecule has 0 saturated carbocycles. The van der Waals surface area contributed by atoms with Gasteiger partial charge in [0.1, 0.15) is 0 Å². The molecule has 0 saturated heterocycles. The molecule has 0 N–H and O–H groups in total. The second kappa shape index (κ2) is 5.13. The fraction of sp³-hybridized carbons (Fsp3) is 0.133. The predicted octanol–water partition coefficient (Wildman–Crippen LogP) is 2.65. The molecule has 20 heavy (non-hydrogen) atoms. The number of aryl methyl sites for hydroxylation is 1. The van der Waals surface area contributed by atoms with Gasteiger partial charge in [-0.05, 0) is 30.2 Å². The first-order valence-electron chi connectivity index (χ1n) is 6.25. The van der Waals surface area contributed by atoms with E-state index in [0.29, 0.717) is 6.01 Å². The molecule has 0 radical (unpaired) electrons. The van der Waals surface area contributed by atoms with E-state index in [1.165, 1.54) is 0 Å². The predicted molar refractivity (Wildman–Crippen MR) is 75.9 cm³/mol.